The zero-order chi connectivity index (χ0) is 15.2. The van der Waals surface area contributed by atoms with Crippen molar-refractivity contribution in [3.05, 3.63) is 22.2 Å². The van der Waals surface area contributed by atoms with Crippen LogP contribution in [0.1, 0.15) is 13.3 Å². The van der Waals surface area contributed by atoms with E-state index in [4.69, 9.17) is 0 Å². The molecule has 0 aliphatic carbocycles. The van der Waals surface area contributed by atoms with Gasteiger partial charge in [-0.3, -0.25) is 10.1 Å². The molecule has 112 valence electrons. The normalized spacial score (nSPS) is 11.3. The number of aromatic nitrogens is 1. The lowest BCUT2D eigenvalue weighted by atomic mass is 10.4. The largest absolute Gasteiger partial charge is 0.370 e. The molecule has 0 amide bonds. The lowest BCUT2D eigenvalue weighted by molar-refractivity contribution is -0.388. The van der Waals surface area contributed by atoms with Gasteiger partial charge in [0.15, 0.2) is 5.03 Å². The summed E-state index contributed by atoms with van der Waals surface area (Å²) in [5, 5.41) is 14.2. The number of nitrogens with zero attached hydrogens (tertiary/aromatic N) is 2. The lowest BCUT2D eigenvalue weighted by Gasteiger charge is -2.06. The molecule has 0 spiro atoms. The van der Waals surface area contributed by atoms with Crippen molar-refractivity contribution in [3.8, 4) is 0 Å². The van der Waals surface area contributed by atoms with Gasteiger partial charge >= 0.3 is 5.69 Å². The van der Waals surface area contributed by atoms with Gasteiger partial charge in [-0.05, 0) is 12.5 Å². The summed E-state index contributed by atoms with van der Waals surface area (Å²) in [5.74, 6) is 0.756. The number of hydrogen-bond acceptors (Lipinski definition) is 7. The van der Waals surface area contributed by atoms with Gasteiger partial charge < -0.3 is 5.32 Å². The molecule has 1 rings (SSSR count). The highest BCUT2D eigenvalue weighted by atomic mass is 32.2. The third-order valence-corrected chi connectivity index (χ3v) is 4.47. The van der Waals surface area contributed by atoms with Crippen LogP contribution in [-0.2, 0) is 9.84 Å². The van der Waals surface area contributed by atoms with Crippen LogP contribution in [0.4, 0.5) is 11.5 Å². The first-order chi connectivity index (χ1) is 9.33. The molecule has 0 aromatic carbocycles. The second-order valence-corrected chi connectivity index (χ2v) is 7.53. The van der Waals surface area contributed by atoms with Crippen LogP contribution in [0.25, 0.3) is 0 Å². The maximum absolute atomic E-state index is 11.1. The van der Waals surface area contributed by atoms with Crippen LogP contribution in [-0.4, -0.2) is 42.6 Å². The van der Waals surface area contributed by atoms with E-state index in [-0.39, 0.29) is 22.2 Å². The van der Waals surface area contributed by atoms with Gasteiger partial charge in [-0.1, -0.05) is 18.7 Å². The van der Waals surface area contributed by atoms with Gasteiger partial charge in [0, 0.05) is 24.6 Å². The number of hydrogen-bond donors (Lipinski definition) is 1. The Balaban J connectivity index is 2.85. The molecule has 0 unspecified atom stereocenters. The highest BCUT2D eigenvalue weighted by Gasteiger charge is 2.17. The SMILES string of the molecule is CCCNc1ccc([N+](=O)[O-])c(SCCS(C)(=O)=O)n1. The predicted octanol–water partition coefficient (Wildman–Crippen LogP) is 1.95. The number of nitro groups is 1. The van der Waals surface area contributed by atoms with Gasteiger partial charge in [-0.15, -0.1) is 0 Å². The number of pyridine rings is 1. The average Bonchev–Trinajstić information content (AvgIpc) is 2.34. The van der Waals surface area contributed by atoms with E-state index in [9.17, 15) is 18.5 Å². The molecule has 7 nitrogen and oxygen atoms in total. The Kier molecular flexibility index (Phi) is 6.21. The Labute approximate surface area is 122 Å². The Morgan fingerprint density at radius 1 is 1.45 bits per heavy atom. The molecule has 0 saturated carbocycles. The van der Waals surface area contributed by atoms with Crippen molar-refractivity contribution in [2.24, 2.45) is 0 Å². The molecule has 1 N–H and O–H groups in total. The van der Waals surface area contributed by atoms with Crippen LogP contribution >= 0.6 is 11.8 Å². The highest BCUT2D eigenvalue weighted by molar-refractivity contribution is 8.00. The summed E-state index contributed by atoms with van der Waals surface area (Å²) in [5.41, 5.74) is -0.106. The molecule has 0 radical (unpaired) electrons. The molecule has 0 saturated heterocycles. The molecular formula is C11H17N3O4S2. The Hall–Kier alpha value is -1.35. The fraction of sp³-hybridized carbons (Fsp3) is 0.545. The zero-order valence-electron chi connectivity index (χ0n) is 11.3. The smallest absolute Gasteiger partial charge is 0.301 e. The van der Waals surface area contributed by atoms with Crippen LogP contribution in [0.2, 0.25) is 0 Å². The maximum Gasteiger partial charge on any atom is 0.301 e. The van der Waals surface area contributed by atoms with Gasteiger partial charge in [-0.25, -0.2) is 13.4 Å². The summed E-state index contributed by atoms with van der Waals surface area (Å²) in [7, 11) is -3.09. The topological polar surface area (TPSA) is 102 Å². The molecule has 1 aromatic rings. The molecule has 20 heavy (non-hydrogen) atoms. The molecule has 0 atom stereocenters. The Morgan fingerprint density at radius 2 is 2.15 bits per heavy atom. The number of nitrogens with one attached hydrogen (secondary N) is 1. The standard InChI is InChI=1S/C11H17N3O4S2/c1-3-6-12-10-5-4-9(14(15)16)11(13-10)19-7-8-20(2,17)18/h4-5H,3,6-8H2,1-2H3,(H,12,13). The third kappa shape index (κ3) is 5.74. The number of thioether (sulfide) groups is 1. The minimum Gasteiger partial charge on any atom is -0.370 e. The van der Waals surface area contributed by atoms with Crippen LogP contribution < -0.4 is 5.32 Å². The van der Waals surface area contributed by atoms with Crippen molar-refractivity contribution >= 4 is 33.1 Å². The third-order valence-electron chi connectivity index (χ3n) is 2.29. The van der Waals surface area contributed by atoms with Crippen molar-refractivity contribution in [1.82, 2.24) is 4.98 Å². The molecule has 0 fully saturated rings. The lowest BCUT2D eigenvalue weighted by Crippen LogP contribution is -2.07. The van der Waals surface area contributed by atoms with Gasteiger partial charge in [0.2, 0.25) is 0 Å². The summed E-state index contributed by atoms with van der Waals surface area (Å²) in [6.07, 6.45) is 2.05. The molecule has 0 aliphatic heterocycles. The van der Waals surface area contributed by atoms with Crippen LogP contribution in [0.3, 0.4) is 0 Å². The van der Waals surface area contributed by atoms with E-state index < -0.39 is 14.8 Å². The summed E-state index contributed by atoms with van der Waals surface area (Å²) >= 11 is 1.08. The van der Waals surface area contributed by atoms with Crippen LogP contribution in [0.15, 0.2) is 17.2 Å². The van der Waals surface area contributed by atoms with Crippen molar-refractivity contribution in [3.63, 3.8) is 0 Å². The highest BCUT2D eigenvalue weighted by Crippen LogP contribution is 2.28. The number of sulfone groups is 1. The van der Waals surface area contributed by atoms with Crippen molar-refractivity contribution in [2.75, 3.05) is 29.6 Å². The molecule has 1 aromatic heterocycles. The summed E-state index contributed by atoms with van der Waals surface area (Å²) in [4.78, 5) is 14.6. The van der Waals surface area contributed by atoms with E-state index in [1.165, 1.54) is 6.07 Å². The zero-order valence-corrected chi connectivity index (χ0v) is 13.0. The molecule has 0 bridgehead atoms. The van der Waals surface area contributed by atoms with E-state index >= 15 is 0 Å². The van der Waals surface area contributed by atoms with Crippen LogP contribution in [0.5, 0.6) is 0 Å². The summed E-state index contributed by atoms with van der Waals surface area (Å²) in [6.45, 7) is 2.72. The van der Waals surface area contributed by atoms with Crippen molar-refractivity contribution in [1.29, 1.82) is 0 Å². The first kappa shape index (κ1) is 16.7. The molecule has 0 aliphatic rings. The second kappa shape index (κ2) is 7.44. The predicted molar refractivity (Wildman–Crippen MR) is 80.1 cm³/mol. The first-order valence-corrected chi connectivity index (χ1v) is 9.08. The fourth-order valence-electron chi connectivity index (χ4n) is 1.32. The number of rotatable bonds is 8. The quantitative estimate of drug-likeness (QED) is 0.444. The molecular weight excluding hydrogens is 302 g/mol. The first-order valence-electron chi connectivity index (χ1n) is 6.03. The van der Waals surface area contributed by atoms with E-state index in [1.807, 2.05) is 6.92 Å². The minimum atomic E-state index is -3.09. The van der Waals surface area contributed by atoms with Crippen molar-refractivity contribution < 1.29 is 13.3 Å². The molecule has 1 heterocycles. The van der Waals surface area contributed by atoms with Gasteiger partial charge in [0.05, 0.1) is 10.7 Å². The van der Waals surface area contributed by atoms with E-state index in [2.05, 4.69) is 10.3 Å². The van der Waals surface area contributed by atoms with E-state index in [0.717, 1.165) is 31.0 Å². The Bertz CT molecular complexity index is 575. The average molecular weight is 319 g/mol. The van der Waals surface area contributed by atoms with E-state index in [0.29, 0.717) is 5.82 Å². The van der Waals surface area contributed by atoms with E-state index in [1.54, 1.807) is 6.07 Å². The van der Waals surface area contributed by atoms with Gasteiger partial charge in [0.25, 0.3) is 0 Å². The summed E-state index contributed by atoms with van der Waals surface area (Å²) < 4.78 is 22.1. The number of anilines is 1. The van der Waals surface area contributed by atoms with Gasteiger partial charge in [-0.2, -0.15) is 0 Å². The minimum absolute atomic E-state index is 0.0386. The second-order valence-electron chi connectivity index (χ2n) is 4.18. The Morgan fingerprint density at radius 3 is 2.70 bits per heavy atom. The van der Waals surface area contributed by atoms with Gasteiger partial charge in [0.1, 0.15) is 15.7 Å². The van der Waals surface area contributed by atoms with Crippen LogP contribution in [0, 0.1) is 10.1 Å². The monoisotopic (exact) mass is 319 g/mol. The maximum atomic E-state index is 11.1. The summed E-state index contributed by atoms with van der Waals surface area (Å²) in [6, 6.07) is 2.93. The molecule has 9 heteroatoms. The fourth-order valence-corrected chi connectivity index (χ4v) is 3.51. The van der Waals surface area contributed by atoms with Crippen molar-refractivity contribution in [2.45, 2.75) is 18.4 Å².